The molecule has 0 spiro atoms. The summed E-state index contributed by atoms with van der Waals surface area (Å²) < 4.78 is 0. The van der Waals surface area contributed by atoms with E-state index in [0.29, 0.717) is 0 Å². The summed E-state index contributed by atoms with van der Waals surface area (Å²) in [5.41, 5.74) is 0. The molecule has 0 saturated heterocycles. The first-order valence-electron chi connectivity index (χ1n) is 1.30. The standard InChI is InChI=1S/C2H3N3.H4Si/c1-2-4-5-3-1;/h1-2H,(H,3,4,5);1H4. The van der Waals surface area contributed by atoms with Gasteiger partial charge in [0.15, 0.2) is 0 Å². The molecule has 0 aliphatic rings. The molecule has 0 fully saturated rings. The van der Waals surface area contributed by atoms with Crippen LogP contribution in [0.25, 0.3) is 0 Å². The Kier molecular flexibility index (Phi) is 2.31. The first-order chi connectivity index (χ1) is 2.50. The molecule has 1 aromatic rings. The van der Waals surface area contributed by atoms with Crippen LogP contribution >= 0.6 is 0 Å². The number of aromatic nitrogens is 3. The number of hydrogen-bond acceptors (Lipinski definition) is 2. The lowest BCUT2D eigenvalue weighted by molar-refractivity contribution is 0.940. The van der Waals surface area contributed by atoms with E-state index in [-0.39, 0.29) is 11.0 Å². The van der Waals surface area contributed by atoms with Gasteiger partial charge >= 0.3 is 0 Å². The summed E-state index contributed by atoms with van der Waals surface area (Å²) in [4.78, 5) is 0. The summed E-state index contributed by atoms with van der Waals surface area (Å²) in [5, 5.41) is 9.26. The highest BCUT2D eigenvalue weighted by Gasteiger charge is 1.57. The molecular formula is C2H7N3Si. The van der Waals surface area contributed by atoms with E-state index in [2.05, 4.69) is 15.4 Å². The number of nitrogens with one attached hydrogen (secondary N) is 1. The average Bonchev–Trinajstić information content (AvgIpc) is 1.76. The second kappa shape index (κ2) is 2.59. The number of nitrogens with zero attached hydrogens (tertiary/aromatic N) is 2. The van der Waals surface area contributed by atoms with Crippen LogP contribution in [0, 0.1) is 0 Å². The van der Waals surface area contributed by atoms with Crippen LogP contribution in [-0.2, 0) is 0 Å². The molecule has 0 aliphatic carbocycles. The summed E-state index contributed by atoms with van der Waals surface area (Å²) in [6, 6.07) is 0. The normalized spacial score (nSPS) is 6.67. The summed E-state index contributed by atoms with van der Waals surface area (Å²) in [6.45, 7) is 0. The third kappa shape index (κ3) is 0.982. The number of hydrogen-bond donors (Lipinski definition) is 1. The highest BCUT2D eigenvalue weighted by atomic mass is 28.1. The highest BCUT2D eigenvalue weighted by Crippen LogP contribution is 1.55. The first kappa shape index (κ1) is 5.36. The molecule has 0 aromatic carbocycles. The fourth-order valence-corrected chi connectivity index (χ4v) is 0.167. The Labute approximate surface area is 39.8 Å². The van der Waals surface area contributed by atoms with Crippen molar-refractivity contribution in [1.29, 1.82) is 0 Å². The minimum absolute atomic E-state index is 0. The van der Waals surface area contributed by atoms with Gasteiger partial charge in [-0.15, -0.1) is 5.10 Å². The Hall–Kier alpha value is -0.643. The van der Waals surface area contributed by atoms with E-state index < -0.39 is 0 Å². The molecule has 0 atom stereocenters. The van der Waals surface area contributed by atoms with Crippen molar-refractivity contribution in [2.45, 2.75) is 0 Å². The maximum atomic E-state index is 3.42. The van der Waals surface area contributed by atoms with E-state index in [9.17, 15) is 0 Å². The lowest BCUT2D eigenvalue weighted by Gasteiger charge is -1.46. The molecule has 1 heterocycles. The Morgan fingerprint density at radius 3 is 2.50 bits per heavy atom. The van der Waals surface area contributed by atoms with Crippen molar-refractivity contribution in [3.63, 3.8) is 0 Å². The van der Waals surface area contributed by atoms with Crippen LogP contribution in [0.3, 0.4) is 0 Å². The van der Waals surface area contributed by atoms with E-state index in [1.807, 2.05) is 0 Å². The Morgan fingerprint density at radius 1 is 1.50 bits per heavy atom. The summed E-state index contributed by atoms with van der Waals surface area (Å²) in [7, 11) is 0. The maximum Gasteiger partial charge on any atom is 0.0690 e. The van der Waals surface area contributed by atoms with Gasteiger partial charge in [0.25, 0.3) is 0 Å². The molecule has 6 heavy (non-hydrogen) atoms. The highest BCUT2D eigenvalue weighted by molar-refractivity contribution is 5.75. The van der Waals surface area contributed by atoms with Gasteiger partial charge in [0.2, 0.25) is 0 Å². The molecule has 4 heteroatoms. The molecule has 0 aliphatic heterocycles. The molecular weight excluding hydrogens is 94.1 g/mol. The smallest absolute Gasteiger partial charge is 0.0690 e. The predicted molar refractivity (Wildman–Crippen MR) is 27.7 cm³/mol. The lowest BCUT2D eigenvalue weighted by Crippen LogP contribution is -1.61. The lowest BCUT2D eigenvalue weighted by atomic mass is 11.0. The van der Waals surface area contributed by atoms with Crippen LogP contribution in [0.15, 0.2) is 12.4 Å². The van der Waals surface area contributed by atoms with Crippen LogP contribution < -0.4 is 0 Å². The van der Waals surface area contributed by atoms with Crippen LogP contribution in [0.1, 0.15) is 0 Å². The molecule has 0 amide bonds. The van der Waals surface area contributed by atoms with Gasteiger partial charge in [-0.3, -0.25) is 5.10 Å². The van der Waals surface area contributed by atoms with Crippen molar-refractivity contribution < 1.29 is 0 Å². The molecule has 34 valence electrons. The van der Waals surface area contributed by atoms with Gasteiger partial charge in [0.05, 0.1) is 6.20 Å². The molecule has 1 aromatic heterocycles. The molecule has 0 unspecified atom stereocenters. The van der Waals surface area contributed by atoms with Crippen LogP contribution in [0.4, 0.5) is 0 Å². The van der Waals surface area contributed by atoms with Crippen molar-refractivity contribution in [1.82, 2.24) is 15.4 Å². The van der Waals surface area contributed by atoms with Gasteiger partial charge in [-0.1, -0.05) is 5.21 Å². The van der Waals surface area contributed by atoms with Crippen LogP contribution in [0.2, 0.25) is 0 Å². The van der Waals surface area contributed by atoms with Gasteiger partial charge in [0.1, 0.15) is 0 Å². The molecule has 0 bridgehead atoms. The van der Waals surface area contributed by atoms with E-state index >= 15 is 0 Å². The Balaban J connectivity index is 0.000000250. The van der Waals surface area contributed by atoms with Crippen LogP contribution in [-0.4, -0.2) is 26.4 Å². The van der Waals surface area contributed by atoms with Gasteiger partial charge < -0.3 is 0 Å². The minimum Gasteiger partial charge on any atom is -0.266 e. The monoisotopic (exact) mass is 101 g/mol. The zero-order chi connectivity index (χ0) is 3.54. The summed E-state index contributed by atoms with van der Waals surface area (Å²) in [5.74, 6) is 0. The third-order valence-electron chi connectivity index (χ3n) is 0.331. The fourth-order valence-electron chi connectivity index (χ4n) is 0.167. The third-order valence-corrected chi connectivity index (χ3v) is 0.331. The van der Waals surface area contributed by atoms with E-state index in [4.69, 9.17) is 0 Å². The quantitative estimate of drug-likeness (QED) is 0.398. The number of H-pyrrole nitrogens is 1. The zero-order valence-corrected chi connectivity index (χ0v) is 2.55. The van der Waals surface area contributed by atoms with Gasteiger partial charge in [-0.05, 0) is 11.0 Å². The topological polar surface area (TPSA) is 41.6 Å². The fraction of sp³-hybridized carbons (Fsp3) is 0. The van der Waals surface area contributed by atoms with E-state index in [0.717, 1.165) is 0 Å². The first-order valence-corrected chi connectivity index (χ1v) is 1.30. The van der Waals surface area contributed by atoms with Gasteiger partial charge in [0, 0.05) is 6.20 Å². The predicted octanol–water partition coefficient (Wildman–Crippen LogP) is -1.65. The Morgan fingerprint density at radius 2 is 2.33 bits per heavy atom. The summed E-state index contributed by atoms with van der Waals surface area (Å²) >= 11 is 0. The molecule has 1 N–H and O–H groups in total. The summed E-state index contributed by atoms with van der Waals surface area (Å²) in [6.07, 6.45) is 3.24. The van der Waals surface area contributed by atoms with Crippen molar-refractivity contribution in [3.05, 3.63) is 12.4 Å². The minimum atomic E-state index is 0. The SMILES string of the molecule is [SiH4].c1c[nH]nn1. The molecule has 3 nitrogen and oxygen atoms in total. The average molecular weight is 101 g/mol. The zero-order valence-electron chi connectivity index (χ0n) is 2.55. The van der Waals surface area contributed by atoms with Crippen molar-refractivity contribution >= 4 is 11.0 Å². The van der Waals surface area contributed by atoms with Crippen molar-refractivity contribution in [3.8, 4) is 0 Å². The molecule has 0 saturated carbocycles. The van der Waals surface area contributed by atoms with E-state index in [1.165, 1.54) is 0 Å². The number of rotatable bonds is 0. The Bertz CT molecular complexity index is 65.3. The number of aromatic amines is 1. The van der Waals surface area contributed by atoms with Gasteiger partial charge in [-0.2, -0.15) is 0 Å². The second-order valence-electron chi connectivity index (χ2n) is 0.660. The molecule has 1 rings (SSSR count). The van der Waals surface area contributed by atoms with Gasteiger partial charge in [-0.25, -0.2) is 0 Å². The van der Waals surface area contributed by atoms with E-state index in [1.54, 1.807) is 12.4 Å². The second-order valence-corrected chi connectivity index (χ2v) is 0.660. The van der Waals surface area contributed by atoms with Crippen molar-refractivity contribution in [2.75, 3.05) is 0 Å². The largest absolute Gasteiger partial charge is 0.266 e. The van der Waals surface area contributed by atoms with Crippen molar-refractivity contribution in [2.24, 2.45) is 0 Å². The maximum absolute atomic E-state index is 3.42. The molecule has 0 radical (unpaired) electrons. The van der Waals surface area contributed by atoms with Crippen LogP contribution in [0.5, 0.6) is 0 Å².